The lowest BCUT2D eigenvalue weighted by atomic mass is 10.1. The summed E-state index contributed by atoms with van der Waals surface area (Å²) in [6.45, 7) is 2.01. The fourth-order valence-electron chi connectivity index (χ4n) is 1.96. The standard InChI is InChI=1S/C16H19N5O3/c1-4-14(21-23-3)11-5-7-12(8-6-11)24-16-13(9-20-22-2)15(17)18-10-19-16/h5-10H,4H2,1-3H3,(H2,17,18,19)/b20-9+,21-14-. The van der Waals surface area contributed by atoms with Crippen LogP contribution in [0.1, 0.15) is 24.5 Å². The topological polar surface area (TPSA) is 104 Å². The number of nitrogen functional groups attached to an aromatic ring is 1. The summed E-state index contributed by atoms with van der Waals surface area (Å²) in [6, 6.07) is 7.41. The minimum atomic E-state index is 0.248. The van der Waals surface area contributed by atoms with E-state index in [9.17, 15) is 0 Å². The molecule has 2 N–H and O–H groups in total. The molecule has 8 nitrogen and oxygen atoms in total. The number of oxime groups is 2. The van der Waals surface area contributed by atoms with Gasteiger partial charge in [-0.1, -0.05) is 17.2 Å². The second-order valence-electron chi connectivity index (χ2n) is 4.60. The largest absolute Gasteiger partial charge is 0.438 e. The van der Waals surface area contributed by atoms with Gasteiger partial charge in [0.2, 0.25) is 5.88 Å². The highest BCUT2D eigenvalue weighted by molar-refractivity contribution is 6.00. The molecular formula is C16H19N5O3. The van der Waals surface area contributed by atoms with E-state index >= 15 is 0 Å². The maximum absolute atomic E-state index is 5.82. The SMILES string of the molecule is CC/C(=N/OC)c1ccc(Oc2ncnc(N)c2/C=N/OC)cc1. The van der Waals surface area contributed by atoms with Gasteiger partial charge >= 0.3 is 0 Å². The second-order valence-corrected chi connectivity index (χ2v) is 4.60. The summed E-state index contributed by atoms with van der Waals surface area (Å²) in [5.41, 5.74) is 8.07. The molecule has 0 aliphatic heterocycles. The Kier molecular flexibility index (Phi) is 6.07. The summed E-state index contributed by atoms with van der Waals surface area (Å²) in [4.78, 5) is 17.5. The lowest BCUT2D eigenvalue weighted by molar-refractivity contribution is 0.213. The molecule has 24 heavy (non-hydrogen) atoms. The summed E-state index contributed by atoms with van der Waals surface area (Å²) < 4.78 is 5.77. The van der Waals surface area contributed by atoms with Gasteiger partial charge in [-0.25, -0.2) is 9.97 Å². The number of nitrogens with two attached hydrogens (primary N) is 1. The van der Waals surface area contributed by atoms with Crippen LogP contribution in [0.2, 0.25) is 0 Å². The molecule has 1 heterocycles. The van der Waals surface area contributed by atoms with Crippen LogP contribution in [0.3, 0.4) is 0 Å². The van der Waals surface area contributed by atoms with E-state index < -0.39 is 0 Å². The minimum absolute atomic E-state index is 0.248. The number of hydrogen-bond acceptors (Lipinski definition) is 8. The van der Waals surface area contributed by atoms with Gasteiger partial charge in [0.15, 0.2) is 0 Å². The molecule has 0 fully saturated rings. The fourth-order valence-corrected chi connectivity index (χ4v) is 1.96. The van der Waals surface area contributed by atoms with E-state index in [0.717, 1.165) is 17.7 Å². The molecule has 0 spiro atoms. The Hall–Kier alpha value is -3.16. The first-order valence-corrected chi connectivity index (χ1v) is 7.24. The van der Waals surface area contributed by atoms with Crippen LogP contribution in [0.15, 0.2) is 40.9 Å². The van der Waals surface area contributed by atoms with Crippen LogP contribution >= 0.6 is 0 Å². The van der Waals surface area contributed by atoms with Gasteiger partial charge in [-0.2, -0.15) is 0 Å². The summed E-state index contributed by atoms with van der Waals surface area (Å²) in [7, 11) is 2.96. The summed E-state index contributed by atoms with van der Waals surface area (Å²) in [5.74, 6) is 1.13. The van der Waals surface area contributed by atoms with Crippen LogP contribution < -0.4 is 10.5 Å². The van der Waals surface area contributed by atoms with Crippen molar-refractivity contribution in [2.75, 3.05) is 20.0 Å². The zero-order valence-corrected chi connectivity index (χ0v) is 13.8. The van der Waals surface area contributed by atoms with Gasteiger partial charge in [-0.15, -0.1) is 0 Å². The first-order chi connectivity index (χ1) is 11.7. The van der Waals surface area contributed by atoms with Gasteiger partial charge < -0.3 is 20.1 Å². The summed E-state index contributed by atoms with van der Waals surface area (Å²) in [6.07, 6.45) is 3.48. The predicted molar refractivity (Wildman–Crippen MR) is 91.4 cm³/mol. The van der Waals surface area contributed by atoms with Crippen LogP contribution in [0.25, 0.3) is 0 Å². The highest BCUT2D eigenvalue weighted by Gasteiger charge is 2.10. The van der Waals surface area contributed by atoms with Crippen molar-refractivity contribution in [2.24, 2.45) is 10.3 Å². The van der Waals surface area contributed by atoms with E-state index in [1.54, 1.807) is 0 Å². The van der Waals surface area contributed by atoms with Gasteiger partial charge in [0.1, 0.15) is 37.7 Å². The Labute approximate surface area is 139 Å². The Morgan fingerprint density at radius 2 is 1.92 bits per heavy atom. The number of hydrogen-bond donors (Lipinski definition) is 1. The van der Waals surface area contributed by atoms with Gasteiger partial charge in [0.25, 0.3) is 0 Å². The zero-order chi connectivity index (χ0) is 17.4. The monoisotopic (exact) mass is 329 g/mol. The Balaban J connectivity index is 2.25. The number of ether oxygens (including phenoxy) is 1. The molecule has 0 saturated heterocycles. The molecule has 0 saturated carbocycles. The number of benzene rings is 1. The molecule has 2 aromatic rings. The Morgan fingerprint density at radius 3 is 2.54 bits per heavy atom. The first kappa shape index (κ1) is 17.2. The van der Waals surface area contributed by atoms with Crippen LogP contribution in [0.5, 0.6) is 11.6 Å². The third-order valence-corrected chi connectivity index (χ3v) is 3.10. The van der Waals surface area contributed by atoms with Gasteiger partial charge in [-0.3, -0.25) is 0 Å². The number of anilines is 1. The molecule has 1 aromatic heterocycles. The van der Waals surface area contributed by atoms with Crippen LogP contribution in [0, 0.1) is 0 Å². The predicted octanol–water partition coefficient (Wildman–Crippen LogP) is 2.59. The molecule has 0 aliphatic rings. The van der Waals surface area contributed by atoms with Crippen molar-refractivity contribution in [3.63, 3.8) is 0 Å². The van der Waals surface area contributed by atoms with Crippen molar-refractivity contribution in [3.05, 3.63) is 41.7 Å². The molecule has 8 heteroatoms. The smallest absolute Gasteiger partial charge is 0.233 e. The minimum Gasteiger partial charge on any atom is -0.438 e. The molecule has 0 aliphatic carbocycles. The quantitative estimate of drug-likeness (QED) is 0.618. The highest BCUT2D eigenvalue weighted by Crippen LogP contribution is 2.25. The fraction of sp³-hybridized carbons (Fsp3) is 0.250. The number of aromatic nitrogens is 2. The van der Waals surface area contributed by atoms with E-state index in [-0.39, 0.29) is 11.7 Å². The molecule has 126 valence electrons. The zero-order valence-electron chi connectivity index (χ0n) is 13.8. The Bertz CT molecular complexity index is 729. The van der Waals surface area contributed by atoms with E-state index in [0.29, 0.717) is 11.3 Å². The van der Waals surface area contributed by atoms with Crippen molar-refractivity contribution in [3.8, 4) is 11.6 Å². The van der Waals surface area contributed by atoms with Crippen molar-refractivity contribution < 1.29 is 14.4 Å². The van der Waals surface area contributed by atoms with E-state index in [2.05, 4.69) is 25.1 Å². The summed E-state index contributed by atoms with van der Waals surface area (Å²) >= 11 is 0. The van der Waals surface area contributed by atoms with Gasteiger partial charge in [0, 0.05) is 0 Å². The van der Waals surface area contributed by atoms with Crippen molar-refractivity contribution in [2.45, 2.75) is 13.3 Å². The van der Waals surface area contributed by atoms with E-state index in [1.165, 1.54) is 26.8 Å². The third kappa shape index (κ3) is 4.19. The third-order valence-electron chi connectivity index (χ3n) is 3.10. The highest BCUT2D eigenvalue weighted by atomic mass is 16.6. The normalized spacial score (nSPS) is 11.5. The molecule has 0 radical (unpaired) electrons. The Morgan fingerprint density at radius 1 is 1.17 bits per heavy atom. The average molecular weight is 329 g/mol. The van der Waals surface area contributed by atoms with Crippen LogP contribution in [-0.4, -0.2) is 36.1 Å². The lowest BCUT2D eigenvalue weighted by Gasteiger charge is -2.09. The molecule has 1 aromatic carbocycles. The second kappa shape index (κ2) is 8.47. The maximum Gasteiger partial charge on any atom is 0.233 e. The van der Waals surface area contributed by atoms with E-state index in [4.69, 9.17) is 15.3 Å². The van der Waals surface area contributed by atoms with Crippen LogP contribution in [0.4, 0.5) is 5.82 Å². The maximum atomic E-state index is 5.82. The van der Waals surface area contributed by atoms with Crippen molar-refractivity contribution >= 4 is 17.7 Å². The molecule has 0 unspecified atom stereocenters. The van der Waals surface area contributed by atoms with Crippen molar-refractivity contribution in [1.29, 1.82) is 0 Å². The molecule has 0 amide bonds. The van der Waals surface area contributed by atoms with E-state index in [1.807, 2.05) is 31.2 Å². The number of nitrogens with zero attached hydrogens (tertiary/aromatic N) is 4. The number of rotatable bonds is 7. The lowest BCUT2D eigenvalue weighted by Crippen LogP contribution is -2.03. The van der Waals surface area contributed by atoms with Crippen molar-refractivity contribution in [1.82, 2.24) is 9.97 Å². The molecular weight excluding hydrogens is 310 g/mol. The molecule has 0 atom stereocenters. The summed E-state index contributed by atoms with van der Waals surface area (Å²) in [5, 5.41) is 7.67. The van der Waals surface area contributed by atoms with Gasteiger partial charge in [0.05, 0.1) is 11.9 Å². The molecule has 0 bridgehead atoms. The van der Waals surface area contributed by atoms with Gasteiger partial charge in [-0.05, 0) is 36.2 Å². The first-order valence-electron chi connectivity index (χ1n) is 7.24. The average Bonchev–Trinajstić information content (AvgIpc) is 2.60. The molecule has 2 rings (SSSR count). The van der Waals surface area contributed by atoms with Crippen LogP contribution in [-0.2, 0) is 9.68 Å².